The summed E-state index contributed by atoms with van der Waals surface area (Å²) in [6, 6.07) is 7.41. The van der Waals surface area contributed by atoms with Crippen molar-refractivity contribution in [1.82, 2.24) is 0 Å². The lowest BCUT2D eigenvalue weighted by Crippen LogP contribution is -2.36. The van der Waals surface area contributed by atoms with Crippen LogP contribution in [0.25, 0.3) is 0 Å². The van der Waals surface area contributed by atoms with Gasteiger partial charge in [0, 0.05) is 23.7 Å². The molecule has 0 spiro atoms. The maximum Gasteiger partial charge on any atom is 0.265 e. The van der Waals surface area contributed by atoms with E-state index in [1.165, 1.54) is 23.3 Å². The van der Waals surface area contributed by atoms with E-state index in [1.54, 1.807) is 23.5 Å². The summed E-state index contributed by atoms with van der Waals surface area (Å²) in [5.74, 6) is -0.734. The van der Waals surface area contributed by atoms with Gasteiger partial charge in [-0.3, -0.25) is 9.59 Å². The van der Waals surface area contributed by atoms with E-state index in [9.17, 15) is 9.59 Å². The van der Waals surface area contributed by atoms with E-state index in [2.05, 4.69) is 10.2 Å². The highest BCUT2D eigenvalue weighted by molar-refractivity contribution is 7.14. The lowest BCUT2D eigenvalue weighted by atomic mass is 9.99. The predicted octanol–water partition coefficient (Wildman–Crippen LogP) is 2.81. The van der Waals surface area contributed by atoms with Crippen LogP contribution in [-0.4, -0.2) is 38.1 Å². The first kappa shape index (κ1) is 18.0. The third-order valence-electron chi connectivity index (χ3n) is 5.11. The fourth-order valence-electron chi connectivity index (χ4n) is 3.65. The normalized spacial score (nSPS) is 16.7. The first-order valence-electron chi connectivity index (χ1n) is 9.31. The summed E-state index contributed by atoms with van der Waals surface area (Å²) in [5, 5.41) is 2.87. The van der Waals surface area contributed by atoms with Gasteiger partial charge in [-0.25, -0.2) is 0 Å². The lowest BCUT2D eigenvalue weighted by molar-refractivity contribution is 0.100. The summed E-state index contributed by atoms with van der Waals surface area (Å²) in [5.41, 5.74) is 8.56. The van der Waals surface area contributed by atoms with Crippen molar-refractivity contribution in [3.8, 4) is 0 Å². The molecule has 0 atom stereocenters. The molecular weight excluding hydrogens is 362 g/mol. The zero-order valence-corrected chi connectivity index (χ0v) is 15.9. The molecule has 1 saturated heterocycles. The molecule has 1 aromatic heterocycles. The number of primary amides is 1. The molecule has 2 heterocycles. The molecule has 1 aliphatic carbocycles. The lowest BCUT2D eigenvalue weighted by Gasteiger charge is -2.29. The second kappa shape index (κ2) is 7.70. The molecule has 1 aliphatic heterocycles. The van der Waals surface area contributed by atoms with E-state index in [0.717, 1.165) is 31.6 Å². The molecule has 1 fully saturated rings. The first-order chi connectivity index (χ1) is 13.1. The molecule has 0 saturated carbocycles. The number of benzene rings is 1. The Morgan fingerprint density at radius 3 is 2.63 bits per heavy atom. The van der Waals surface area contributed by atoms with Crippen LogP contribution in [-0.2, 0) is 17.6 Å². The number of nitrogens with zero attached hydrogens (tertiary/aromatic N) is 1. The Kier molecular flexibility index (Phi) is 5.13. The number of hydrogen-bond donors (Lipinski definition) is 2. The molecule has 2 amide bonds. The number of hydrogen-bond acceptors (Lipinski definition) is 5. The number of nitrogens with one attached hydrogen (secondary N) is 1. The van der Waals surface area contributed by atoms with Crippen LogP contribution in [0.3, 0.4) is 0 Å². The van der Waals surface area contributed by atoms with E-state index >= 15 is 0 Å². The van der Waals surface area contributed by atoms with Crippen LogP contribution in [0.2, 0.25) is 0 Å². The highest BCUT2D eigenvalue weighted by Gasteiger charge is 2.20. The van der Waals surface area contributed by atoms with Gasteiger partial charge in [0.15, 0.2) is 0 Å². The number of fused-ring (bicyclic) bond motifs is 1. The van der Waals surface area contributed by atoms with Gasteiger partial charge in [-0.1, -0.05) is 0 Å². The van der Waals surface area contributed by atoms with E-state index < -0.39 is 5.91 Å². The quantitative estimate of drug-likeness (QED) is 0.848. The average Bonchev–Trinajstić information content (AvgIpc) is 3.13. The minimum absolute atomic E-state index is 0.184. The number of anilines is 2. The molecule has 2 aromatic rings. The minimum atomic E-state index is -0.550. The fourth-order valence-corrected chi connectivity index (χ4v) is 4.80. The van der Waals surface area contributed by atoms with Gasteiger partial charge >= 0.3 is 0 Å². The standard InChI is InChI=1S/C20H23N3O3S/c21-19(24)15-12-14(23-7-9-26-10-8-23)5-6-16(15)22-20(25)18-11-13-3-1-2-4-17(13)27-18/h5-6,11-12H,1-4,7-10H2,(H2,21,24)(H,22,25). The second-order valence-corrected chi connectivity index (χ2v) is 8.05. The predicted molar refractivity (Wildman–Crippen MR) is 107 cm³/mol. The van der Waals surface area contributed by atoms with Gasteiger partial charge < -0.3 is 20.7 Å². The number of rotatable bonds is 4. The first-order valence-corrected chi connectivity index (χ1v) is 10.1. The van der Waals surface area contributed by atoms with Gasteiger partial charge in [0.25, 0.3) is 11.8 Å². The number of aryl methyl sites for hydroxylation is 2. The third-order valence-corrected chi connectivity index (χ3v) is 6.35. The Bertz CT molecular complexity index is 848. The van der Waals surface area contributed by atoms with E-state index in [-0.39, 0.29) is 5.91 Å². The van der Waals surface area contributed by atoms with Crippen molar-refractivity contribution in [2.24, 2.45) is 5.73 Å². The summed E-state index contributed by atoms with van der Waals surface area (Å²) in [7, 11) is 0. The minimum Gasteiger partial charge on any atom is -0.378 e. The number of nitrogens with two attached hydrogens (primary N) is 1. The van der Waals surface area contributed by atoms with Crippen molar-refractivity contribution in [3.63, 3.8) is 0 Å². The topological polar surface area (TPSA) is 84.7 Å². The van der Waals surface area contributed by atoms with E-state index in [1.807, 2.05) is 12.1 Å². The molecule has 27 heavy (non-hydrogen) atoms. The maximum atomic E-state index is 12.7. The van der Waals surface area contributed by atoms with Crippen LogP contribution >= 0.6 is 11.3 Å². The second-order valence-electron chi connectivity index (χ2n) is 6.91. The fraction of sp³-hybridized carbons (Fsp3) is 0.400. The Morgan fingerprint density at radius 2 is 1.89 bits per heavy atom. The number of ether oxygens (including phenoxy) is 1. The van der Waals surface area contributed by atoms with Crippen molar-refractivity contribution in [2.45, 2.75) is 25.7 Å². The molecule has 0 bridgehead atoms. The zero-order valence-electron chi connectivity index (χ0n) is 15.1. The van der Waals surface area contributed by atoms with Crippen molar-refractivity contribution >= 4 is 34.5 Å². The number of amides is 2. The molecule has 7 heteroatoms. The molecule has 0 unspecified atom stereocenters. The van der Waals surface area contributed by atoms with Gasteiger partial charge in [-0.15, -0.1) is 11.3 Å². The Labute approximate surface area is 162 Å². The molecule has 2 aliphatic rings. The van der Waals surface area contributed by atoms with Crippen molar-refractivity contribution in [1.29, 1.82) is 0 Å². The van der Waals surface area contributed by atoms with Gasteiger partial charge in [-0.2, -0.15) is 0 Å². The van der Waals surface area contributed by atoms with Crippen molar-refractivity contribution in [3.05, 3.63) is 45.1 Å². The number of carbonyl (C=O) groups is 2. The molecule has 6 nitrogen and oxygen atoms in total. The number of morpholine rings is 1. The van der Waals surface area contributed by atoms with Crippen LogP contribution in [0.5, 0.6) is 0 Å². The highest BCUT2D eigenvalue weighted by atomic mass is 32.1. The molecule has 0 radical (unpaired) electrons. The van der Waals surface area contributed by atoms with Gasteiger partial charge in [-0.05, 0) is 55.5 Å². The zero-order chi connectivity index (χ0) is 18.8. The van der Waals surface area contributed by atoms with Crippen LogP contribution in [0.4, 0.5) is 11.4 Å². The molecule has 142 valence electrons. The molecule has 3 N–H and O–H groups in total. The van der Waals surface area contributed by atoms with E-state index in [4.69, 9.17) is 10.5 Å². The Balaban J connectivity index is 1.56. The van der Waals surface area contributed by atoms with Crippen LogP contribution in [0.1, 0.15) is 43.3 Å². The van der Waals surface area contributed by atoms with Gasteiger partial charge in [0.1, 0.15) is 0 Å². The number of thiophene rings is 1. The summed E-state index contributed by atoms with van der Waals surface area (Å²) >= 11 is 1.55. The molecule has 1 aromatic carbocycles. The van der Waals surface area contributed by atoms with Crippen LogP contribution in [0.15, 0.2) is 24.3 Å². The molecular formula is C20H23N3O3S. The Morgan fingerprint density at radius 1 is 1.11 bits per heavy atom. The summed E-state index contributed by atoms with van der Waals surface area (Å²) in [6.07, 6.45) is 4.46. The van der Waals surface area contributed by atoms with Crippen molar-refractivity contribution < 1.29 is 14.3 Å². The maximum absolute atomic E-state index is 12.7. The third kappa shape index (κ3) is 3.84. The van der Waals surface area contributed by atoms with Gasteiger partial charge in [0.2, 0.25) is 0 Å². The number of carbonyl (C=O) groups excluding carboxylic acids is 2. The monoisotopic (exact) mass is 385 g/mol. The smallest absolute Gasteiger partial charge is 0.265 e. The largest absolute Gasteiger partial charge is 0.378 e. The summed E-state index contributed by atoms with van der Waals surface area (Å²) < 4.78 is 5.37. The van der Waals surface area contributed by atoms with Crippen LogP contribution < -0.4 is 16.0 Å². The highest BCUT2D eigenvalue weighted by Crippen LogP contribution is 2.31. The summed E-state index contributed by atoms with van der Waals surface area (Å²) in [4.78, 5) is 28.8. The molecule has 4 rings (SSSR count). The SMILES string of the molecule is NC(=O)c1cc(N2CCOCC2)ccc1NC(=O)c1cc2c(s1)CCCC2. The van der Waals surface area contributed by atoms with Gasteiger partial charge in [0.05, 0.1) is 29.3 Å². The van der Waals surface area contributed by atoms with E-state index in [0.29, 0.717) is 29.3 Å². The Hall–Kier alpha value is -2.38. The summed E-state index contributed by atoms with van der Waals surface area (Å²) in [6.45, 7) is 2.86. The van der Waals surface area contributed by atoms with Crippen molar-refractivity contribution in [2.75, 3.05) is 36.5 Å². The van der Waals surface area contributed by atoms with Crippen LogP contribution in [0, 0.1) is 0 Å². The average molecular weight is 385 g/mol.